The molecule has 0 radical (unpaired) electrons. The standard InChI is InChI=1S/C10H11ClO3/c11-9-4-7(6-12)3-8(5-9)10-13-1-2-14-10/h3-5,10,12H,1-2,6H2. The highest BCUT2D eigenvalue weighted by Gasteiger charge is 2.18. The molecule has 2 rings (SSSR count). The van der Waals surface area contributed by atoms with Crippen molar-refractivity contribution in [2.75, 3.05) is 13.2 Å². The summed E-state index contributed by atoms with van der Waals surface area (Å²) in [5, 5.41) is 9.58. The van der Waals surface area contributed by atoms with Crippen LogP contribution in [0.3, 0.4) is 0 Å². The molecule has 0 spiro atoms. The Bertz CT molecular complexity index is 321. The third-order valence-corrected chi connectivity index (χ3v) is 2.27. The summed E-state index contributed by atoms with van der Waals surface area (Å²) in [5.74, 6) is 0. The maximum Gasteiger partial charge on any atom is 0.184 e. The fourth-order valence-corrected chi connectivity index (χ4v) is 1.72. The summed E-state index contributed by atoms with van der Waals surface area (Å²) in [5.41, 5.74) is 1.63. The van der Waals surface area contributed by atoms with E-state index in [1.807, 2.05) is 6.07 Å². The second kappa shape index (κ2) is 4.28. The average Bonchev–Trinajstić information content (AvgIpc) is 2.69. The molecule has 0 saturated carbocycles. The average molecular weight is 215 g/mol. The number of aliphatic hydroxyl groups excluding tert-OH is 1. The molecule has 0 aromatic heterocycles. The minimum Gasteiger partial charge on any atom is -0.392 e. The molecule has 4 heteroatoms. The van der Waals surface area contributed by atoms with Gasteiger partial charge in [-0.2, -0.15) is 0 Å². The zero-order valence-electron chi connectivity index (χ0n) is 7.57. The molecular weight excluding hydrogens is 204 g/mol. The number of ether oxygens (including phenoxy) is 2. The monoisotopic (exact) mass is 214 g/mol. The third kappa shape index (κ3) is 2.07. The Hall–Kier alpha value is -0.610. The van der Waals surface area contributed by atoms with Crippen molar-refractivity contribution in [3.63, 3.8) is 0 Å². The van der Waals surface area contributed by atoms with Crippen LogP contribution in [0.4, 0.5) is 0 Å². The van der Waals surface area contributed by atoms with Gasteiger partial charge in [-0.05, 0) is 23.8 Å². The summed E-state index contributed by atoms with van der Waals surface area (Å²) in [4.78, 5) is 0. The first kappa shape index (κ1) is 9.93. The molecule has 76 valence electrons. The molecule has 1 saturated heterocycles. The molecule has 0 unspecified atom stereocenters. The van der Waals surface area contributed by atoms with Crippen molar-refractivity contribution in [2.24, 2.45) is 0 Å². The zero-order valence-corrected chi connectivity index (χ0v) is 8.33. The van der Waals surface area contributed by atoms with E-state index in [0.717, 1.165) is 11.1 Å². The van der Waals surface area contributed by atoms with Gasteiger partial charge in [0.25, 0.3) is 0 Å². The molecule has 0 aliphatic carbocycles. The lowest BCUT2D eigenvalue weighted by Crippen LogP contribution is -1.99. The predicted octanol–water partition coefficient (Wildman–Crippen LogP) is 1.88. The van der Waals surface area contributed by atoms with E-state index in [0.29, 0.717) is 18.2 Å². The Morgan fingerprint density at radius 1 is 1.29 bits per heavy atom. The Kier molecular flexibility index (Phi) is 3.03. The van der Waals surface area contributed by atoms with E-state index < -0.39 is 0 Å². The summed E-state index contributed by atoms with van der Waals surface area (Å²) in [6, 6.07) is 5.35. The van der Waals surface area contributed by atoms with Gasteiger partial charge >= 0.3 is 0 Å². The Morgan fingerprint density at radius 2 is 2.00 bits per heavy atom. The van der Waals surface area contributed by atoms with Gasteiger partial charge in [-0.15, -0.1) is 0 Å². The lowest BCUT2D eigenvalue weighted by molar-refractivity contribution is -0.0441. The van der Waals surface area contributed by atoms with Crippen LogP contribution in [0.25, 0.3) is 0 Å². The molecule has 0 bridgehead atoms. The number of hydrogen-bond acceptors (Lipinski definition) is 3. The van der Waals surface area contributed by atoms with Crippen molar-refractivity contribution in [2.45, 2.75) is 12.9 Å². The van der Waals surface area contributed by atoms with E-state index in [2.05, 4.69) is 0 Å². The second-order valence-corrected chi connectivity index (χ2v) is 3.56. The molecule has 1 heterocycles. The van der Waals surface area contributed by atoms with Crippen molar-refractivity contribution in [3.8, 4) is 0 Å². The predicted molar refractivity (Wildman–Crippen MR) is 52.0 cm³/mol. The van der Waals surface area contributed by atoms with Crippen molar-refractivity contribution in [1.82, 2.24) is 0 Å². The van der Waals surface area contributed by atoms with Gasteiger partial charge in [-0.3, -0.25) is 0 Å². The van der Waals surface area contributed by atoms with Crippen LogP contribution >= 0.6 is 11.6 Å². The third-order valence-electron chi connectivity index (χ3n) is 2.06. The number of benzene rings is 1. The Labute approximate surface area is 87.2 Å². The summed E-state index contributed by atoms with van der Waals surface area (Å²) >= 11 is 5.88. The van der Waals surface area contributed by atoms with E-state index >= 15 is 0 Å². The smallest absolute Gasteiger partial charge is 0.184 e. The summed E-state index contributed by atoms with van der Waals surface area (Å²) < 4.78 is 10.7. The summed E-state index contributed by atoms with van der Waals surface area (Å²) in [7, 11) is 0. The van der Waals surface area contributed by atoms with Gasteiger partial charge in [0, 0.05) is 10.6 Å². The SMILES string of the molecule is OCc1cc(Cl)cc(C2OCCO2)c1. The van der Waals surface area contributed by atoms with Crippen LogP contribution in [0.1, 0.15) is 17.4 Å². The fraction of sp³-hybridized carbons (Fsp3) is 0.400. The van der Waals surface area contributed by atoms with Gasteiger partial charge in [-0.25, -0.2) is 0 Å². The normalized spacial score (nSPS) is 17.6. The molecule has 1 aliphatic heterocycles. The van der Waals surface area contributed by atoms with Gasteiger partial charge < -0.3 is 14.6 Å². The second-order valence-electron chi connectivity index (χ2n) is 3.12. The minimum absolute atomic E-state index is 0.0275. The largest absolute Gasteiger partial charge is 0.392 e. The van der Waals surface area contributed by atoms with Crippen molar-refractivity contribution < 1.29 is 14.6 Å². The van der Waals surface area contributed by atoms with Crippen LogP contribution in [0.5, 0.6) is 0 Å². The van der Waals surface area contributed by atoms with Gasteiger partial charge in [0.05, 0.1) is 19.8 Å². The van der Waals surface area contributed by atoms with E-state index in [-0.39, 0.29) is 12.9 Å². The molecule has 0 amide bonds. The first-order valence-electron chi connectivity index (χ1n) is 4.43. The lowest BCUT2D eigenvalue weighted by Gasteiger charge is -2.10. The molecular formula is C10H11ClO3. The molecule has 1 fully saturated rings. The number of halogens is 1. The van der Waals surface area contributed by atoms with Crippen molar-refractivity contribution in [3.05, 3.63) is 34.3 Å². The first-order chi connectivity index (χ1) is 6.79. The maximum absolute atomic E-state index is 8.99. The van der Waals surface area contributed by atoms with Gasteiger partial charge in [-0.1, -0.05) is 11.6 Å². The van der Waals surface area contributed by atoms with E-state index in [1.165, 1.54) is 0 Å². The Balaban J connectivity index is 2.27. The van der Waals surface area contributed by atoms with Crippen LogP contribution in [0, 0.1) is 0 Å². The maximum atomic E-state index is 8.99. The molecule has 14 heavy (non-hydrogen) atoms. The molecule has 0 atom stereocenters. The van der Waals surface area contributed by atoms with Gasteiger partial charge in [0.1, 0.15) is 0 Å². The van der Waals surface area contributed by atoms with Crippen LogP contribution in [0.15, 0.2) is 18.2 Å². The van der Waals surface area contributed by atoms with E-state index in [1.54, 1.807) is 12.1 Å². The number of aliphatic hydroxyl groups is 1. The molecule has 1 aromatic carbocycles. The van der Waals surface area contributed by atoms with Gasteiger partial charge in [0.2, 0.25) is 0 Å². The van der Waals surface area contributed by atoms with Crippen LogP contribution in [-0.2, 0) is 16.1 Å². The van der Waals surface area contributed by atoms with E-state index in [9.17, 15) is 0 Å². The van der Waals surface area contributed by atoms with Gasteiger partial charge in [0.15, 0.2) is 6.29 Å². The van der Waals surface area contributed by atoms with Crippen LogP contribution in [0.2, 0.25) is 5.02 Å². The summed E-state index contributed by atoms with van der Waals surface area (Å²) in [6.45, 7) is 1.18. The first-order valence-corrected chi connectivity index (χ1v) is 4.81. The van der Waals surface area contributed by atoms with Crippen molar-refractivity contribution in [1.29, 1.82) is 0 Å². The highest BCUT2D eigenvalue weighted by Crippen LogP contribution is 2.26. The van der Waals surface area contributed by atoms with E-state index in [4.69, 9.17) is 26.2 Å². The number of hydrogen-bond donors (Lipinski definition) is 1. The lowest BCUT2D eigenvalue weighted by atomic mass is 10.1. The van der Waals surface area contributed by atoms with Crippen molar-refractivity contribution >= 4 is 11.6 Å². The molecule has 1 N–H and O–H groups in total. The topological polar surface area (TPSA) is 38.7 Å². The van der Waals surface area contributed by atoms with Crippen LogP contribution in [-0.4, -0.2) is 18.3 Å². The highest BCUT2D eigenvalue weighted by atomic mass is 35.5. The van der Waals surface area contributed by atoms with Crippen LogP contribution < -0.4 is 0 Å². The molecule has 1 aliphatic rings. The fourth-order valence-electron chi connectivity index (χ4n) is 1.45. The summed E-state index contributed by atoms with van der Waals surface area (Å²) in [6.07, 6.45) is -0.334. The molecule has 1 aromatic rings. The highest BCUT2D eigenvalue weighted by molar-refractivity contribution is 6.30. The minimum atomic E-state index is -0.334. The quantitative estimate of drug-likeness (QED) is 0.817. The zero-order chi connectivity index (χ0) is 9.97. The molecule has 3 nitrogen and oxygen atoms in total. The number of rotatable bonds is 2. The Morgan fingerprint density at radius 3 is 2.64 bits per heavy atom.